The van der Waals surface area contributed by atoms with Gasteiger partial charge in [0.05, 0.1) is 0 Å². The molecule has 3 nitrogen and oxygen atoms in total. The highest BCUT2D eigenvalue weighted by molar-refractivity contribution is 7.53. The third-order valence-corrected chi connectivity index (χ3v) is 4.77. The molecule has 1 atom stereocenters. The van der Waals surface area contributed by atoms with E-state index in [-0.39, 0.29) is 11.5 Å². The van der Waals surface area contributed by atoms with E-state index in [1.165, 1.54) is 23.8 Å². The standard InChI is InChI=1S/C16H17O3P/c17-14-9-10-15(18)16(12-14)20(19)11-5-4-8-13-6-2-1-3-7-13/h1-3,6-7,9-10,12H,4-5,8,11H2,(H-,17,18,19)/p+1. The van der Waals surface area contributed by atoms with Crippen LogP contribution in [0.3, 0.4) is 0 Å². The predicted molar refractivity (Wildman–Crippen MR) is 81.3 cm³/mol. The minimum absolute atomic E-state index is 0.00743. The highest BCUT2D eigenvalue weighted by Gasteiger charge is 2.23. The molecule has 2 rings (SSSR count). The molecule has 0 heterocycles. The summed E-state index contributed by atoms with van der Waals surface area (Å²) in [5, 5.41) is 19.4. The number of hydrogen-bond acceptors (Lipinski definition) is 3. The molecule has 0 bridgehead atoms. The molecule has 0 aliphatic rings. The molecule has 0 spiro atoms. The molecule has 2 aromatic carbocycles. The molecule has 104 valence electrons. The highest BCUT2D eigenvalue weighted by Crippen LogP contribution is 2.29. The van der Waals surface area contributed by atoms with Crippen molar-refractivity contribution < 1.29 is 14.8 Å². The maximum Gasteiger partial charge on any atom is 0.380 e. The molecule has 0 saturated carbocycles. The van der Waals surface area contributed by atoms with Crippen LogP contribution >= 0.6 is 7.80 Å². The molecule has 4 heteroatoms. The number of phenols is 2. The van der Waals surface area contributed by atoms with Gasteiger partial charge in [-0.1, -0.05) is 34.9 Å². The van der Waals surface area contributed by atoms with Crippen LogP contribution < -0.4 is 5.30 Å². The molecule has 2 aromatic rings. The number of aromatic hydroxyl groups is 2. The molecule has 0 aliphatic carbocycles. The van der Waals surface area contributed by atoms with Crippen molar-refractivity contribution in [1.82, 2.24) is 0 Å². The van der Waals surface area contributed by atoms with E-state index in [4.69, 9.17) is 0 Å². The van der Waals surface area contributed by atoms with Crippen molar-refractivity contribution in [2.45, 2.75) is 19.3 Å². The summed E-state index contributed by atoms with van der Waals surface area (Å²) in [7, 11) is -1.65. The van der Waals surface area contributed by atoms with Crippen molar-refractivity contribution in [3.05, 3.63) is 54.1 Å². The summed E-state index contributed by atoms with van der Waals surface area (Å²) < 4.78 is 12.1. The lowest BCUT2D eigenvalue weighted by atomic mass is 10.1. The normalized spacial score (nSPS) is 11.3. The minimum Gasteiger partial charge on any atom is -0.508 e. The van der Waals surface area contributed by atoms with E-state index in [1.807, 2.05) is 18.2 Å². The fourth-order valence-corrected chi connectivity index (χ4v) is 3.42. The van der Waals surface area contributed by atoms with E-state index in [9.17, 15) is 14.8 Å². The molecule has 2 N–H and O–H groups in total. The summed E-state index contributed by atoms with van der Waals surface area (Å²) in [6.45, 7) is 0. The summed E-state index contributed by atoms with van der Waals surface area (Å²) in [5.41, 5.74) is 1.28. The molecule has 0 radical (unpaired) electrons. The van der Waals surface area contributed by atoms with E-state index < -0.39 is 7.80 Å². The first-order valence-corrected chi connectivity index (χ1v) is 8.12. The van der Waals surface area contributed by atoms with Gasteiger partial charge in [0, 0.05) is 6.07 Å². The van der Waals surface area contributed by atoms with Crippen LogP contribution in [0.1, 0.15) is 18.4 Å². The fourth-order valence-electron chi connectivity index (χ4n) is 2.06. The Kier molecular flexibility index (Phi) is 5.14. The lowest BCUT2D eigenvalue weighted by molar-refractivity contribution is 0.463. The van der Waals surface area contributed by atoms with Crippen molar-refractivity contribution >= 4 is 13.1 Å². The Morgan fingerprint density at radius 2 is 1.70 bits per heavy atom. The van der Waals surface area contributed by atoms with Crippen molar-refractivity contribution in [1.29, 1.82) is 0 Å². The first kappa shape index (κ1) is 14.5. The van der Waals surface area contributed by atoms with Crippen molar-refractivity contribution in [2.75, 3.05) is 6.16 Å². The van der Waals surface area contributed by atoms with Crippen LogP contribution in [0.2, 0.25) is 0 Å². The third-order valence-electron chi connectivity index (χ3n) is 3.15. The summed E-state index contributed by atoms with van der Waals surface area (Å²) >= 11 is 0. The van der Waals surface area contributed by atoms with Crippen LogP contribution in [0.15, 0.2) is 48.5 Å². The Bertz CT molecular complexity index is 582. The van der Waals surface area contributed by atoms with Gasteiger partial charge in [-0.25, -0.2) is 0 Å². The Hall–Kier alpha value is -1.86. The number of benzene rings is 2. The van der Waals surface area contributed by atoms with Crippen LogP contribution in [-0.2, 0) is 11.0 Å². The van der Waals surface area contributed by atoms with Gasteiger partial charge in [-0.3, -0.25) is 0 Å². The smallest absolute Gasteiger partial charge is 0.380 e. The van der Waals surface area contributed by atoms with Gasteiger partial charge in [0.25, 0.3) is 0 Å². The first-order chi connectivity index (χ1) is 9.66. The molecule has 0 aliphatic heterocycles. The molecule has 0 aromatic heterocycles. The average Bonchev–Trinajstić information content (AvgIpc) is 2.47. The van der Waals surface area contributed by atoms with Gasteiger partial charge in [0.1, 0.15) is 5.75 Å². The van der Waals surface area contributed by atoms with Gasteiger partial charge < -0.3 is 10.2 Å². The number of unbranched alkanes of at least 4 members (excludes halogenated alkanes) is 1. The lowest BCUT2D eigenvalue weighted by Gasteiger charge is -1.99. The number of aryl methyl sites for hydroxylation is 1. The molecule has 0 saturated heterocycles. The second kappa shape index (κ2) is 7.06. The molecule has 0 amide bonds. The maximum absolute atomic E-state index is 12.1. The quantitative estimate of drug-likeness (QED) is 0.485. The van der Waals surface area contributed by atoms with Crippen LogP contribution in [0, 0.1) is 0 Å². The van der Waals surface area contributed by atoms with E-state index in [2.05, 4.69) is 12.1 Å². The van der Waals surface area contributed by atoms with Gasteiger partial charge in [-0.15, -0.1) is 0 Å². The topological polar surface area (TPSA) is 57.5 Å². The molecular weight excluding hydrogens is 271 g/mol. The molecule has 20 heavy (non-hydrogen) atoms. The monoisotopic (exact) mass is 289 g/mol. The highest BCUT2D eigenvalue weighted by atomic mass is 31.1. The number of hydrogen-bond donors (Lipinski definition) is 2. The van der Waals surface area contributed by atoms with Gasteiger partial charge in [0.15, 0.2) is 11.9 Å². The van der Waals surface area contributed by atoms with Gasteiger partial charge in [0.2, 0.25) is 5.30 Å². The van der Waals surface area contributed by atoms with Gasteiger partial charge >= 0.3 is 7.80 Å². The molecule has 0 fully saturated rings. The van der Waals surface area contributed by atoms with E-state index in [1.54, 1.807) is 0 Å². The van der Waals surface area contributed by atoms with Crippen molar-refractivity contribution in [3.8, 4) is 11.5 Å². The minimum atomic E-state index is -1.65. The molecular formula is C16H18O3P+. The Morgan fingerprint density at radius 3 is 2.45 bits per heavy atom. The zero-order chi connectivity index (χ0) is 14.4. The first-order valence-electron chi connectivity index (χ1n) is 6.67. The lowest BCUT2D eigenvalue weighted by Crippen LogP contribution is -1.99. The van der Waals surface area contributed by atoms with Crippen LogP contribution in [0.4, 0.5) is 0 Å². The van der Waals surface area contributed by atoms with Gasteiger partial charge in [-0.05, 0) is 37.0 Å². The van der Waals surface area contributed by atoms with E-state index in [0.29, 0.717) is 11.5 Å². The SMILES string of the molecule is O=[P+](CCCCc1ccccc1)c1cc(O)ccc1O. The zero-order valence-electron chi connectivity index (χ0n) is 11.2. The van der Waals surface area contributed by atoms with E-state index in [0.717, 1.165) is 19.3 Å². The van der Waals surface area contributed by atoms with Crippen LogP contribution in [0.5, 0.6) is 11.5 Å². The predicted octanol–water partition coefficient (Wildman–Crippen LogP) is 3.57. The Labute approximate surface area is 119 Å². The second-order valence-corrected chi connectivity index (χ2v) is 6.40. The molecule has 1 unspecified atom stereocenters. The Balaban J connectivity index is 1.82. The number of phenolic OH excluding ortho intramolecular Hbond substituents is 2. The van der Waals surface area contributed by atoms with Crippen molar-refractivity contribution in [2.24, 2.45) is 0 Å². The largest absolute Gasteiger partial charge is 0.508 e. The summed E-state index contributed by atoms with van der Waals surface area (Å²) in [6.07, 6.45) is 3.29. The Morgan fingerprint density at radius 1 is 0.950 bits per heavy atom. The van der Waals surface area contributed by atoms with Crippen molar-refractivity contribution in [3.63, 3.8) is 0 Å². The van der Waals surface area contributed by atoms with Crippen LogP contribution in [-0.4, -0.2) is 16.4 Å². The van der Waals surface area contributed by atoms with Crippen LogP contribution in [0.25, 0.3) is 0 Å². The fraction of sp³-hybridized carbons (Fsp3) is 0.250. The summed E-state index contributed by atoms with van der Waals surface area (Å²) in [4.78, 5) is 0. The second-order valence-electron chi connectivity index (χ2n) is 4.72. The number of rotatable bonds is 6. The van der Waals surface area contributed by atoms with E-state index >= 15 is 0 Å². The summed E-state index contributed by atoms with van der Waals surface area (Å²) in [6, 6.07) is 14.3. The van der Waals surface area contributed by atoms with Gasteiger partial charge in [-0.2, -0.15) is 0 Å². The maximum atomic E-state index is 12.1. The third kappa shape index (κ3) is 4.07. The average molecular weight is 289 g/mol. The zero-order valence-corrected chi connectivity index (χ0v) is 12.1. The summed E-state index contributed by atoms with van der Waals surface area (Å²) in [5.74, 6) is 0.0254.